The zero-order valence-electron chi connectivity index (χ0n) is 13.8. The van der Waals surface area contributed by atoms with E-state index in [4.69, 9.17) is 25.2 Å². The second kappa shape index (κ2) is 6.37. The Hall–Kier alpha value is -3.60. The van der Waals surface area contributed by atoms with Gasteiger partial charge in [-0.3, -0.25) is 5.41 Å². The molecule has 0 bridgehead atoms. The van der Waals surface area contributed by atoms with Gasteiger partial charge in [0.15, 0.2) is 18.2 Å². The predicted molar refractivity (Wildman–Crippen MR) is 93.8 cm³/mol. The van der Waals surface area contributed by atoms with Gasteiger partial charge in [-0.2, -0.15) is 5.26 Å². The van der Waals surface area contributed by atoms with Crippen LogP contribution in [0.25, 0.3) is 0 Å². The van der Waals surface area contributed by atoms with Crippen LogP contribution in [0.2, 0.25) is 0 Å². The van der Waals surface area contributed by atoms with E-state index in [1.165, 1.54) is 12.6 Å². The van der Waals surface area contributed by atoms with E-state index in [1.54, 1.807) is 12.1 Å². The van der Waals surface area contributed by atoms with Gasteiger partial charge in [0.1, 0.15) is 17.2 Å². The first-order valence-electron chi connectivity index (χ1n) is 8.19. The first-order chi connectivity index (χ1) is 12.7. The van der Waals surface area contributed by atoms with E-state index in [0.29, 0.717) is 17.0 Å². The molecule has 8 heteroatoms. The third-order valence-corrected chi connectivity index (χ3v) is 4.39. The highest BCUT2D eigenvalue weighted by atomic mass is 16.4. The Labute approximate surface area is 149 Å². The van der Waals surface area contributed by atoms with E-state index >= 15 is 0 Å². The smallest absolute Gasteiger partial charge is 0.301 e. The fraction of sp³-hybridized carbons (Fsp3) is 0.222. The van der Waals surface area contributed by atoms with Crippen LogP contribution in [0.3, 0.4) is 0 Å². The minimum absolute atomic E-state index is 0.0551. The molecule has 3 aromatic rings. The van der Waals surface area contributed by atoms with Crippen molar-refractivity contribution in [3.8, 4) is 6.07 Å². The zero-order valence-corrected chi connectivity index (χ0v) is 13.8. The van der Waals surface area contributed by atoms with Crippen LogP contribution in [0.4, 0.5) is 11.4 Å². The number of hydrogen-bond donors (Lipinski definition) is 3. The van der Waals surface area contributed by atoms with E-state index in [-0.39, 0.29) is 17.6 Å². The summed E-state index contributed by atoms with van der Waals surface area (Å²) in [6, 6.07) is 7.30. The van der Waals surface area contributed by atoms with Gasteiger partial charge in [-0.25, -0.2) is 9.97 Å². The van der Waals surface area contributed by atoms with Crippen molar-refractivity contribution in [2.75, 3.05) is 11.1 Å². The van der Waals surface area contributed by atoms with E-state index in [1.807, 2.05) is 12.1 Å². The number of benzene rings is 1. The normalized spacial score (nSPS) is 15.9. The minimum Gasteiger partial charge on any atom is -0.442 e. The van der Waals surface area contributed by atoms with Crippen LogP contribution in [0.15, 0.2) is 39.6 Å². The molecule has 26 heavy (non-hydrogen) atoms. The van der Waals surface area contributed by atoms with Crippen LogP contribution >= 0.6 is 0 Å². The van der Waals surface area contributed by atoms with Crippen molar-refractivity contribution in [2.45, 2.75) is 25.3 Å². The van der Waals surface area contributed by atoms with Crippen LogP contribution in [0, 0.1) is 16.7 Å². The minimum atomic E-state index is -0.0551. The molecule has 0 aliphatic heterocycles. The van der Waals surface area contributed by atoms with Crippen molar-refractivity contribution >= 4 is 17.1 Å². The number of nitrogen functional groups attached to an aromatic ring is 1. The second-order valence-electron chi connectivity index (χ2n) is 6.07. The molecular formula is C18H16N6O2. The largest absolute Gasteiger partial charge is 0.442 e. The third kappa shape index (κ3) is 2.80. The molecule has 1 aliphatic rings. The van der Waals surface area contributed by atoms with Crippen LogP contribution in [-0.2, 0) is 6.42 Å². The fourth-order valence-corrected chi connectivity index (χ4v) is 3.14. The van der Waals surface area contributed by atoms with E-state index in [9.17, 15) is 0 Å². The molecule has 8 nitrogen and oxygen atoms in total. The molecule has 0 amide bonds. The molecule has 1 atom stereocenters. The Morgan fingerprint density at radius 3 is 3.08 bits per heavy atom. The maximum Gasteiger partial charge on any atom is 0.301 e. The topological polar surface area (TPSA) is 138 Å². The highest BCUT2D eigenvalue weighted by Crippen LogP contribution is 2.33. The van der Waals surface area contributed by atoms with Crippen molar-refractivity contribution < 1.29 is 8.83 Å². The molecule has 0 unspecified atom stereocenters. The number of oxazole rings is 2. The first-order valence-corrected chi connectivity index (χ1v) is 8.19. The fourth-order valence-electron chi connectivity index (χ4n) is 3.14. The second-order valence-corrected chi connectivity index (χ2v) is 6.07. The van der Waals surface area contributed by atoms with E-state index < -0.39 is 0 Å². The SMILES string of the molecule is N#Cc1nc2c(o1)CCC[C@H]2Nc1ccc(N)c(C(=N)c2cnco2)c1. The molecule has 0 radical (unpaired) electrons. The van der Waals surface area contributed by atoms with Gasteiger partial charge >= 0.3 is 5.89 Å². The van der Waals surface area contributed by atoms with Gasteiger partial charge < -0.3 is 19.9 Å². The number of fused-ring (bicyclic) bond motifs is 1. The quantitative estimate of drug-likeness (QED) is 0.486. The molecular weight excluding hydrogens is 332 g/mol. The Balaban J connectivity index is 1.62. The number of nitrogens with one attached hydrogen (secondary N) is 2. The Morgan fingerprint density at radius 2 is 2.31 bits per heavy atom. The average Bonchev–Trinajstić information content (AvgIpc) is 3.32. The first kappa shape index (κ1) is 15.9. The van der Waals surface area contributed by atoms with Gasteiger partial charge in [-0.15, -0.1) is 0 Å². The highest BCUT2D eigenvalue weighted by Gasteiger charge is 2.26. The Kier molecular flexibility index (Phi) is 3.89. The summed E-state index contributed by atoms with van der Waals surface area (Å²) in [7, 11) is 0. The summed E-state index contributed by atoms with van der Waals surface area (Å²) in [6.45, 7) is 0. The molecule has 1 aromatic carbocycles. The number of aromatic nitrogens is 2. The summed E-state index contributed by atoms with van der Waals surface area (Å²) in [5.41, 5.74) is 8.82. The summed E-state index contributed by atoms with van der Waals surface area (Å²) < 4.78 is 10.7. The summed E-state index contributed by atoms with van der Waals surface area (Å²) in [5.74, 6) is 1.20. The van der Waals surface area contributed by atoms with Crippen molar-refractivity contribution in [1.82, 2.24) is 9.97 Å². The van der Waals surface area contributed by atoms with Gasteiger partial charge in [0.2, 0.25) is 0 Å². The zero-order chi connectivity index (χ0) is 18.1. The number of hydrogen-bond acceptors (Lipinski definition) is 8. The van der Waals surface area contributed by atoms with Crippen LogP contribution in [0.1, 0.15) is 47.6 Å². The molecule has 130 valence electrons. The Morgan fingerprint density at radius 1 is 1.42 bits per heavy atom. The molecule has 4 N–H and O–H groups in total. The monoisotopic (exact) mass is 348 g/mol. The van der Waals surface area contributed by atoms with Crippen LogP contribution in [0.5, 0.6) is 0 Å². The molecule has 2 aromatic heterocycles. The van der Waals surface area contributed by atoms with Crippen molar-refractivity contribution in [1.29, 1.82) is 10.7 Å². The summed E-state index contributed by atoms with van der Waals surface area (Å²) in [5, 5.41) is 20.7. The molecule has 0 spiro atoms. The lowest BCUT2D eigenvalue weighted by atomic mass is 9.96. The molecule has 2 heterocycles. The molecule has 4 rings (SSSR count). The van der Waals surface area contributed by atoms with E-state index in [2.05, 4.69) is 15.3 Å². The van der Waals surface area contributed by atoms with Crippen LogP contribution in [-0.4, -0.2) is 15.7 Å². The molecule has 0 fully saturated rings. The lowest BCUT2D eigenvalue weighted by molar-refractivity contribution is 0.454. The maximum absolute atomic E-state index is 9.00. The molecule has 0 saturated carbocycles. The maximum atomic E-state index is 9.00. The summed E-state index contributed by atoms with van der Waals surface area (Å²) in [4.78, 5) is 8.12. The average molecular weight is 348 g/mol. The number of nitrogens with two attached hydrogens (primary N) is 1. The van der Waals surface area contributed by atoms with Crippen molar-refractivity contribution in [3.63, 3.8) is 0 Å². The van der Waals surface area contributed by atoms with Gasteiger partial charge in [0.05, 0.1) is 12.2 Å². The summed E-state index contributed by atoms with van der Waals surface area (Å²) in [6.07, 6.45) is 5.37. The highest BCUT2D eigenvalue weighted by molar-refractivity contribution is 6.12. The number of nitrogens with zero attached hydrogens (tertiary/aromatic N) is 3. The number of anilines is 2. The van der Waals surface area contributed by atoms with Crippen molar-refractivity contribution in [3.05, 3.63) is 59.5 Å². The number of aryl methyl sites for hydroxylation is 1. The van der Waals surface area contributed by atoms with Gasteiger partial charge in [-0.1, -0.05) is 0 Å². The van der Waals surface area contributed by atoms with Gasteiger partial charge in [0, 0.05) is 23.4 Å². The number of nitriles is 1. The lowest BCUT2D eigenvalue weighted by Gasteiger charge is -2.23. The summed E-state index contributed by atoms with van der Waals surface area (Å²) >= 11 is 0. The Bertz CT molecular complexity index is 999. The van der Waals surface area contributed by atoms with Crippen LogP contribution < -0.4 is 11.1 Å². The lowest BCUT2D eigenvalue weighted by Crippen LogP contribution is -2.17. The van der Waals surface area contributed by atoms with Gasteiger partial charge in [-0.05, 0) is 31.0 Å². The predicted octanol–water partition coefficient (Wildman–Crippen LogP) is 3.02. The molecule has 0 saturated heterocycles. The van der Waals surface area contributed by atoms with Crippen molar-refractivity contribution in [2.24, 2.45) is 0 Å². The van der Waals surface area contributed by atoms with Gasteiger partial charge in [0.25, 0.3) is 0 Å². The number of rotatable bonds is 4. The molecule has 1 aliphatic carbocycles. The third-order valence-electron chi connectivity index (χ3n) is 4.39. The standard InChI is InChI=1S/C18H16N6O2/c19-7-16-24-18-13(2-1-3-14(18)26-16)23-10-4-5-12(20)11(6-10)17(21)15-8-22-9-25-15/h4-6,8-9,13,21,23H,1-3,20H2/t13-/m1/s1. The van der Waals surface area contributed by atoms with E-state index in [0.717, 1.165) is 36.4 Å².